The van der Waals surface area contributed by atoms with Crippen molar-refractivity contribution in [3.8, 4) is 0 Å². The molecule has 3 atom stereocenters. The van der Waals surface area contributed by atoms with E-state index in [1.54, 1.807) is 19.1 Å². The summed E-state index contributed by atoms with van der Waals surface area (Å²) in [4.78, 5) is 0.641. The molecule has 22 heavy (non-hydrogen) atoms. The molecule has 0 heterocycles. The van der Waals surface area contributed by atoms with Gasteiger partial charge in [0.1, 0.15) is 4.21 Å². The van der Waals surface area contributed by atoms with Gasteiger partial charge in [-0.1, -0.05) is 48.0 Å². The number of hydrogen-bond donors (Lipinski definition) is 1. The summed E-state index contributed by atoms with van der Waals surface area (Å²) < 4.78 is 11.4. The largest absolute Gasteiger partial charge is 0.390 e. The Kier molecular flexibility index (Phi) is 5.79. The number of hydrogen-bond acceptors (Lipinski definition) is 2. The van der Waals surface area contributed by atoms with E-state index in [-0.39, 0.29) is 0 Å². The van der Waals surface area contributed by atoms with Gasteiger partial charge in [-0.3, -0.25) is 4.21 Å². The van der Waals surface area contributed by atoms with Crippen molar-refractivity contribution >= 4 is 22.4 Å². The van der Waals surface area contributed by atoms with Crippen molar-refractivity contribution in [2.75, 3.05) is 0 Å². The lowest BCUT2D eigenvalue weighted by Gasteiger charge is -2.27. The van der Waals surface area contributed by atoms with Gasteiger partial charge in [-0.15, -0.1) is 11.6 Å². The van der Waals surface area contributed by atoms with Gasteiger partial charge in [-0.2, -0.15) is 0 Å². The molecule has 2 aromatic rings. The predicted molar refractivity (Wildman–Crippen MR) is 92.6 cm³/mol. The molecule has 0 fully saturated rings. The van der Waals surface area contributed by atoms with Crippen molar-refractivity contribution in [1.82, 2.24) is 0 Å². The zero-order valence-electron chi connectivity index (χ0n) is 12.8. The van der Waals surface area contributed by atoms with E-state index in [1.807, 2.05) is 49.4 Å². The molecule has 0 amide bonds. The smallest absolute Gasteiger partial charge is 0.147 e. The van der Waals surface area contributed by atoms with Crippen LogP contribution >= 0.6 is 11.6 Å². The van der Waals surface area contributed by atoms with Gasteiger partial charge in [0, 0.05) is 4.90 Å². The molecule has 0 saturated carbocycles. The maximum Gasteiger partial charge on any atom is 0.147 e. The first-order valence-corrected chi connectivity index (χ1v) is 8.83. The zero-order valence-corrected chi connectivity index (χ0v) is 14.4. The van der Waals surface area contributed by atoms with Crippen LogP contribution in [0, 0.1) is 6.92 Å². The number of benzene rings is 2. The quantitative estimate of drug-likeness (QED) is 0.808. The standard InChI is InChI=1S/C18H21ClO2S/c1-14-8-11-16(12-9-14)22(21)18(2,19)17(20)13-10-15-6-4-3-5-7-15/h3-9,11-12,17,20H,10,13H2,1-2H3. The number of aliphatic hydroxyl groups is 1. The molecule has 0 bridgehead atoms. The van der Waals surface area contributed by atoms with Crippen LogP contribution in [0.4, 0.5) is 0 Å². The van der Waals surface area contributed by atoms with Crippen LogP contribution in [-0.4, -0.2) is 19.6 Å². The summed E-state index contributed by atoms with van der Waals surface area (Å²) in [5, 5.41) is 10.4. The molecule has 2 aromatic carbocycles. The Hall–Kier alpha value is -1.16. The van der Waals surface area contributed by atoms with Gasteiger partial charge in [0.2, 0.25) is 0 Å². The van der Waals surface area contributed by atoms with E-state index in [2.05, 4.69) is 0 Å². The van der Waals surface area contributed by atoms with Crippen molar-refractivity contribution in [2.45, 2.75) is 41.9 Å². The Balaban J connectivity index is 2.04. The summed E-state index contributed by atoms with van der Waals surface area (Å²) >= 11 is 6.43. The molecular formula is C18H21ClO2S. The third-order valence-electron chi connectivity index (χ3n) is 3.74. The van der Waals surface area contributed by atoms with Crippen molar-refractivity contribution in [3.63, 3.8) is 0 Å². The first kappa shape index (κ1) is 17.2. The number of halogens is 1. The Bertz CT molecular complexity index is 623. The van der Waals surface area contributed by atoms with Crippen molar-refractivity contribution in [3.05, 3.63) is 65.7 Å². The van der Waals surface area contributed by atoms with Gasteiger partial charge in [0.15, 0.2) is 0 Å². The molecule has 1 N–H and O–H groups in total. The Labute approximate surface area is 139 Å². The Morgan fingerprint density at radius 3 is 2.32 bits per heavy atom. The zero-order chi connectivity index (χ0) is 16.2. The lowest BCUT2D eigenvalue weighted by Crippen LogP contribution is -2.38. The highest BCUT2D eigenvalue weighted by molar-refractivity contribution is 7.88. The molecule has 4 heteroatoms. The van der Waals surface area contributed by atoms with Crippen molar-refractivity contribution in [2.24, 2.45) is 0 Å². The summed E-state index contributed by atoms with van der Waals surface area (Å²) in [7, 11) is -1.47. The molecule has 0 aliphatic heterocycles. The van der Waals surface area contributed by atoms with E-state index in [0.29, 0.717) is 17.7 Å². The van der Waals surface area contributed by atoms with Crippen molar-refractivity contribution in [1.29, 1.82) is 0 Å². The minimum atomic E-state index is -1.47. The monoisotopic (exact) mass is 336 g/mol. The lowest BCUT2D eigenvalue weighted by molar-refractivity contribution is 0.152. The summed E-state index contributed by atoms with van der Waals surface area (Å²) in [5.74, 6) is 0. The number of alkyl halides is 1. The molecule has 118 valence electrons. The average Bonchev–Trinajstić information content (AvgIpc) is 2.53. The minimum absolute atomic E-state index is 0.474. The summed E-state index contributed by atoms with van der Waals surface area (Å²) in [6.45, 7) is 3.61. The third kappa shape index (κ3) is 4.19. The maximum atomic E-state index is 12.6. The minimum Gasteiger partial charge on any atom is -0.390 e. The van der Waals surface area contributed by atoms with Gasteiger partial charge < -0.3 is 5.11 Å². The van der Waals surface area contributed by atoms with E-state index in [4.69, 9.17) is 11.6 Å². The SMILES string of the molecule is Cc1ccc(S(=O)C(C)(Cl)C(O)CCc2ccccc2)cc1. The Morgan fingerprint density at radius 2 is 1.73 bits per heavy atom. The molecule has 0 aliphatic rings. The van der Waals surface area contributed by atoms with Gasteiger partial charge in [0.05, 0.1) is 16.9 Å². The summed E-state index contributed by atoms with van der Waals surface area (Å²) in [5.41, 5.74) is 2.23. The molecule has 3 unspecified atom stereocenters. The molecule has 0 radical (unpaired) electrons. The van der Waals surface area contributed by atoms with Gasteiger partial charge in [-0.05, 0) is 44.4 Å². The van der Waals surface area contributed by atoms with Crippen LogP contribution in [0.25, 0.3) is 0 Å². The number of aliphatic hydroxyl groups excluding tert-OH is 1. The van der Waals surface area contributed by atoms with E-state index in [0.717, 1.165) is 11.1 Å². The van der Waals surface area contributed by atoms with E-state index >= 15 is 0 Å². The molecule has 0 spiro atoms. The van der Waals surface area contributed by atoms with Crippen LogP contribution in [-0.2, 0) is 17.2 Å². The number of aryl methyl sites for hydroxylation is 2. The lowest BCUT2D eigenvalue weighted by atomic mass is 10.1. The molecule has 0 aromatic heterocycles. The molecular weight excluding hydrogens is 316 g/mol. The topological polar surface area (TPSA) is 37.3 Å². The summed E-state index contributed by atoms with van der Waals surface area (Å²) in [6.07, 6.45) is 0.327. The van der Waals surface area contributed by atoms with Gasteiger partial charge >= 0.3 is 0 Å². The molecule has 0 saturated heterocycles. The van der Waals surface area contributed by atoms with Crippen LogP contribution in [0.2, 0.25) is 0 Å². The first-order valence-electron chi connectivity index (χ1n) is 7.30. The highest BCUT2D eigenvalue weighted by Crippen LogP contribution is 2.31. The van der Waals surface area contributed by atoms with Crippen LogP contribution in [0.3, 0.4) is 0 Å². The average molecular weight is 337 g/mol. The second-order valence-corrected chi connectivity index (χ2v) is 8.47. The number of rotatable bonds is 6. The van der Waals surface area contributed by atoms with Gasteiger partial charge in [-0.25, -0.2) is 0 Å². The predicted octanol–water partition coefficient (Wildman–Crippen LogP) is 4.05. The highest BCUT2D eigenvalue weighted by atomic mass is 35.5. The first-order chi connectivity index (χ1) is 10.4. The molecule has 0 aliphatic carbocycles. The van der Waals surface area contributed by atoms with Crippen LogP contribution in [0.5, 0.6) is 0 Å². The Morgan fingerprint density at radius 1 is 1.14 bits per heavy atom. The second kappa shape index (κ2) is 7.40. The molecule has 2 rings (SSSR count). The maximum absolute atomic E-state index is 12.6. The fourth-order valence-corrected chi connectivity index (χ4v) is 3.81. The van der Waals surface area contributed by atoms with Crippen LogP contribution < -0.4 is 0 Å². The summed E-state index contributed by atoms with van der Waals surface area (Å²) in [6, 6.07) is 17.3. The highest BCUT2D eigenvalue weighted by Gasteiger charge is 2.37. The second-order valence-electron chi connectivity index (χ2n) is 5.61. The fourth-order valence-electron chi connectivity index (χ4n) is 2.22. The fraction of sp³-hybridized carbons (Fsp3) is 0.333. The van der Waals surface area contributed by atoms with Gasteiger partial charge in [0.25, 0.3) is 0 Å². The van der Waals surface area contributed by atoms with E-state index in [9.17, 15) is 9.32 Å². The normalized spacial score (nSPS) is 16.7. The third-order valence-corrected chi connectivity index (χ3v) is 6.11. The van der Waals surface area contributed by atoms with E-state index < -0.39 is 21.1 Å². The van der Waals surface area contributed by atoms with Crippen LogP contribution in [0.1, 0.15) is 24.5 Å². The van der Waals surface area contributed by atoms with Crippen molar-refractivity contribution < 1.29 is 9.32 Å². The van der Waals surface area contributed by atoms with Crippen LogP contribution in [0.15, 0.2) is 59.5 Å². The molecule has 2 nitrogen and oxygen atoms in total. The van der Waals surface area contributed by atoms with E-state index in [1.165, 1.54) is 0 Å².